The Morgan fingerprint density at radius 2 is 2.44 bits per heavy atom. The van der Waals surface area contributed by atoms with Crippen LogP contribution in [0.1, 0.15) is 12.5 Å². The van der Waals surface area contributed by atoms with Crippen molar-refractivity contribution in [1.82, 2.24) is 20.5 Å². The van der Waals surface area contributed by atoms with E-state index in [1.165, 1.54) is 0 Å². The molecule has 2 N–H and O–H groups in total. The number of aromatic nitrogens is 1. The van der Waals surface area contributed by atoms with E-state index < -0.39 is 0 Å². The summed E-state index contributed by atoms with van der Waals surface area (Å²) in [6.45, 7) is 4.33. The largest absolute Gasteiger partial charge is 0.351 e. The molecule has 0 bridgehead atoms. The Morgan fingerprint density at radius 1 is 1.61 bits per heavy atom. The zero-order chi connectivity index (χ0) is 13.0. The molecule has 0 spiro atoms. The van der Waals surface area contributed by atoms with Crippen LogP contribution in [0.25, 0.3) is 0 Å². The Bertz CT molecular complexity index is 395. The van der Waals surface area contributed by atoms with Crippen molar-refractivity contribution in [2.24, 2.45) is 0 Å². The molecule has 1 amide bonds. The highest BCUT2D eigenvalue weighted by molar-refractivity contribution is 5.83. The molecule has 2 atom stereocenters. The number of pyridine rings is 1. The summed E-state index contributed by atoms with van der Waals surface area (Å²) in [6.07, 6.45) is 3.62. The topological polar surface area (TPSA) is 57.3 Å². The number of carbonyl (C=O) groups excluding carboxylic acids is 1. The highest BCUT2D eigenvalue weighted by Gasteiger charge is 2.32. The predicted molar refractivity (Wildman–Crippen MR) is 70.0 cm³/mol. The number of nitrogens with one attached hydrogen (secondary N) is 2. The second-order valence-corrected chi connectivity index (χ2v) is 4.77. The molecule has 1 aromatic heterocycles. The third kappa shape index (κ3) is 3.05. The summed E-state index contributed by atoms with van der Waals surface area (Å²) in [5.74, 6) is 0.104. The number of amides is 1. The Balaban J connectivity index is 2.09. The van der Waals surface area contributed by atoms with E-state index in [1.54, 1.807) is 6.20 Å². The van der Waals surface area contributed by atoms with Crippen molar-refractivity contribution in [1.29, 1.82) is 0 Å². The molecule has 0 radical (unpaired) electrons. The molecular weight excluding hydrogens is 228 g/mol. The van der Waals surface area contributed by atoms with Gasteiger partial charge in [0.05, 0.1) is 0 Å². The minimum absolute atomic E-state index is 0.104. The van der Waals surface area contributed by atoms with Gasteiger partial charge in [0.15, 0.2) is 0 Å². The van der Waals surface area contributed by atoms with Crippen LogP contribution >= 0.6 is 0 Å². The fourth-order valence-electron chi connectivity index (χ4n) is 2.35. The van der Waals surface area contributed by atoms with Gasteiger partial charge in [0, 0.05) is 38.1 Å². The first-order chi connectivity index (χ1) is 8.70. The maximum Gasteiger partial charge on any atom is 0.238 e. The van der Waals surface area contributed by atoms with Crippen LogP contribution in [-0.2, 0) is 11.3 Å². The van der Waals surface area contributed by atoms with Gasteiger partial charge in [0.25, 0.3) is 0 Å². The molecule has 1 fully saturated rings. The second-order valence-electron chi connectivity index (χ2n) is 4.77. The average Bonchev–Trinajstić information content (AvgIpc) is 2.35. The average molecular weight is 248 g/mol. The van der Waals surface area contributed by atoms with Gasteiger partial charge in [-0.15, -0.1) is 0 Å². The van der Waals surface area contributed by atoms with E-state index in [0.717, 1.165) is 18.7 Å². The molecule has 5 nitrogen and oxygen atoms in total. The molecule has 98 valence electrons. The van der Waals surface area contributed by atoms with Crippen LogP contribution in [0.2, 0.25) is 0 Å². The summed E-state index contributed by atoms with van der Waals surface area (Å²) in [5, 5.41) is 6.07. The van der Waals surface area contributed by atoms with Crippen molar-refractivity contribution in [2.45, 2.75) is 25.6 Å². The van der Waals surface area contributed by atoms with Crippen molar-refractivity contribution in [3.05, 3.63) is 30.1 Å². The summed E-state index contributed by atoms with van der Waals surface area (Å²) in [6, 6.07) is 4.06. The lowest BCUT2D eigenvalue weighted by atomic mass is 10.1. The molecule has 2 rings (SSSR count). The molecule has 1 aliphatic rings. The Hall–Kier alpha value is -1.46. The van der Waals surface area contributed by atoms with E-state index in [4.69, 9.17) is 0 Å². The van der Waals surface area contributed by atoms with Gasteiger partial charge in [-0.05, 0) is 25.6 Å². The van der Waals surface area contributed by atoms with Crippen LogP contribution in [0.3, 0.4) is 0 Å². The van der Waals surface area contributed by atoms with E-state index in [9.17, 15) is 4.79 Å². The van der Waals surface area contributed by atoms with Crippen LogP contribution in [-0.4, -0.2) is 48.0 Å². The smallest absolute Gasteiger partial charge is 0.238 e. The summed E-state index contributed by atoms with van der Waals surface area (Å²) in [4.78, 5) is 18.3. The van der Waals surface area contributed by atoms with Gasteiger partial charge >= 0.3 is 0 Å². The maximum absolute atomic E-state index is 12.0. The molecular formula is C13H20N4O. The molecule has 2 unspecified atom stereocenters. The number of hydrogen-bond donors (Lipinski definition) is 2. The highest BCUT2D eigenvalue weighted by atomic mass is 16.2. The maximum atomic E-state index is 12.0. The van der Waals surface area contributed by atoms with Crippen LogP contribution < -0.4 is 10.6 Å². The van der Waals surface area contributed by atoms with Gasteiger partial charge in [-0.3, -0.25) is 14.7 Å². The summed E-state index contributed by atoms with van der Waals surface area (Å²) in [5.41, 5.74) is 1.14. The van der Waals surface area contributed by atoms with Gasteiger partial charge in [0.2, 0.25) is 5.91 Å². The van der Waals surface area contributed by atoms with Crippen LogP contribution in [0.15, 0.2) is 24.5 Å². The Kier molecular flexibility index (Phi) is 4.28. The molecule has 1 saturated heterocycles. The van der Waals surface area contributed by atoms with Crippen molar-refractivity contribution >= 4 is 5.91 Å². The first kappa shape index (κ1) is 13.0. The normalized spacial score (nSPS) is 24.9. The van der Waals surface area contributed by atoms with Gasteiger partial charge in [-0.25, -0.2) is 0 Å². The fraction of sp³-hybridized carbons (Fsp3) is 0.538. The zero-order valence-electron chi connectivity index (χ0n) is 10.9. The molecule has 1 aliphatic heterocycles. The number of likely N-dealkylation sites (N-methyl/N-ethyl adjacent to an activating group) is 1. The number of hydrogen-bond acceptors (Lipinski definition) is 4. The van der Waals surface area contributed by atoms with Gasteiger partial charge in [-0.2, -0.15) is 0 Å². The minimum atomic E-state index is -0.105. The molecule has 2 heterocycles. The second kappa shape index (κ2) is 5.93. The number of rotatable bonds is 4. The van der Waals surface area contributed by atoms with E-state index in [0.29, 0.717) is 6.54 Å². The fourth-order valence-corrected chi connectivity index (χ4v) is 2.35. The molecule has 0 aromatic carbocycles. The molecule has 18 heavy (non-hydrogen) atoms. The first-order valence-electron chi connectivity index (χ1n) is 6.28. The molecule has 5 heteroatoms. The molecule has 1 aromatic rings. The predicted octanol–water partition coefficient (Wildman–Crippen LogP) is -0.0101. The van der Waals surface area contributed by atoms with Gasteiger partial charge < -0.3 is 10.6 Å². The van der Waals surface area contributed by atoms with E-state index in [1.807, 2.05) is 32.3 Å². The van der Waals surface area contributed by atoms with Crippen molar-refractivity contribution < 1.29 is 4.79 Å². The van der Waals surface area contributed by atoms with Crippen molar-refractivity contribution in [3.8, 4) is 0 Å². The monoisotopic (exact) mass is 248 g/mol. The zero-order valence-corrected chi connectivity index (χ0v) is 10.9. The van der Waals surface area contributed by atoms with Gasteiger partial charge in [-0.1, -0.05) is 6.07 Å². The summed E-state index contributed by atoms with van der Waals surface area (Å²) >= 11 is 0. The standard InChI is InChI=1S/C13H20N4O/c1-10-8-17(9-11-4-3-5-15-6-11)12(7-14-2)13(18)16-10/h3-6,10,12,14H,7-9H2,1-2H3,(H,16,18). The third-order valence-corrected chi connectivity index (χ3v) is 3.15. The first-order valence-corrected chi connectivity index (χ1v) is 6.28. The van der Waals surface area contributed by atoms with Crippen LogP contribution in [0.5, 0.6) is 0 Å². The third-order valence-electron chi connectivity index (χ3n) is 3.15. The number of carbonyl (C=O) groups is 1. The molecule has 0 saturated carbocycles. The van der Waals surface area contributed by atoms with E-state index >= 15 is 0 Å². The van der Waals surface area contributed by atoms with E-state index in [2.05, 4.69) is 20.5 Å². The van der Waals surface area contributed by atoms with Crippen LogP contribution in [0.4, 0.5) is 0 Å². The van der Waals surface area contributed by atoms with E-state index in [-0.39, 0.29) is 18.0 Å². The highest BCUT2D eigenvalue weighted by Crippen LogP contribution is 2.12. The number of piperazine rings is 1. The Morgan fingerprint density at radius 3 is 3.11 bits per heavy atom. The summed E-state index contributed by atoms with van der Waals surface area (Å²) < 4.78 is 0. The Labute approximate surface area is 108 Å². The van der Waals surface area contributed by atoms with Crippen LogP contribution in [0, 0.1) is 0 Å². The SMILES string of the molecule is CNCC1C(=O)NC(C)CN1Cc1cccnc1. The minimum Gasteiger partial charge on any atom is -0.351 e. The van der Waals surface area contributed by atoms with Gasteiger partial charge in [0.1, 0.15) is 6.04 Å². The lowest BCUT2D eigenvalue weighted by Gasteiger charge is -2.38. The van der Waals surface area contributed by atoms with Crippen molar-refractivity contribution in [3.63, 3.8) is 0 Å². The lowest BCUT2D eigenvalue weighted by Crippen LogP contribution is -2.61. The van der Waals surface area contributed by atoms with Crippen molar-refractivity contribution in [2.75, 3.05) is 20.1 Å². The lowest BCUT2D eigenvalue weighted by molar-refractivity contribution is -0.130. The molecule has 0 aliphatic carbocycles. The number of nitrogens with zero attached hydrogens (tertiary/aromatic N) is 2. The quantitative estimate of drug-likeness (QED) is 0.787. The summed E-state index contributed by atoms with van der Waals surface area (Å²) in [7, 11) is 1.87.